The Bertz CT molecular complexity index is 502. The second-order valence-electron chi connectivity index (χ2n) is 4.07. The Balaban J connectivity index is 1.65. The van der Waals surface area contributed by atoms with Gasteiger partial charge in [0.2, 0.25) is 5.91 Å². The van der Waals surface area contributed by atoms with Crippen molar-refractivity contribution in [3.05, 3.63) is 60.4 Å². The summed E-state index contributed by atoms with van der Waals surface area (Å²) in [6.07, 6.45) is 3.86. The summed E-state index contributed by atoms with van der Waals surface area (Å²) in [5.41, 5.74) is 2.09. The molecule has 0 saturated carbocycles. The van der Waals surface area contributed by atoms with Crippen LogP contribution in [0.25, 0.3) is 0 Å². The number of pyridine rings is 1. The highest BCUT2D eigenvalue weighted by atomic mass is 32.2. The Labute approximate surface area is 117 Å². The van der Waals surface area contributed by atoms with Gasteiger partial charge in [0.1, 0.15) is 0 Å². The summed E-state index contributed by atoms with van der Waals surface area (Å²) in [7, 11) is 0. The van der Waals surface area contributed by atoms with Crippen molar-refractivity contribution in [2.45, 2.75) is 12.2 Å². The highest BCUT2D eigenvalue weighted by molar-refractivity contribution is 7.98. The number of nitrogens with zero attached hydrogens (tertiary/aromatic N) is 1. The fourth-order valence-corrected chi connectivity index (χ4v) is 2.49. The molecule has 0 unspecified atom stereocenters. The van der Waals surface area contributed by atoms with Gasteiger partial charge in [-0.05, 0) is 17.7 Å². The van der Waals surface area contributed by atoms with E-state index in [9.17, 15) is 4.79 Å². The summed E-state index contributed by atoms with van der Waals surface area (Å²) in [5, 5.41) is 2.85. The lowest BCUT2D eigenvalue weighted by Crippen LogP contribution is -2.12. The molecule has 0 saturated heterocycles. The van der Waals surface area contributed by atoms with Crippen LogP contribution >= 0.6 is 11.8 Å². The predicted molar refractivity (Wildman–Crippen MR) is 80.1 cm³/mol. The van der Waals surface area contributed by atoms with E-state index in [0.717, 1.165) is 17.2 Å². The first kappa shape index (κ1) is 13.6. The van der Waals surface area contributed by atoms with Crippen molar-refractivity contribution in [1.82, 2.24) is 4.98 Å². The molecule has 0 radical (unpaired) electrons. The van der Waals surface area contributed by atoms with Crippen LogP contribution in [-0.4, -0.2) is 16.6 Å². The van der Waals surface area contributed by atoms with Gasteiger partial charge in [-0.15, -0.1) is 0 Å². The molecule has 19 heavy (non-hydrogen) atoms. The lowest BCUT2D eigenvalue weighted by molar-refractivity contribution is -0.115. The number of hydrogen-bond donors (Lipinski definition) is 1. The zero-order valence-corrected chi connectivity index (χ0v) is 11.4. The third-order valence-electron chi connectivity index (χ3n) is 2.55. The van der Waals surface area contributed by atoms with Gasteiger partial charge in [0.25, 0.3) is 0 Å². The summed E-state index contributed by atoms with van der Waals surface area (Å²) in [6, 6.07) is 13.9. The van der Waals surface area contributed by atoms with Gasteiger partial charge >= 0.3 is 0 Å². The first-order valence-electron chi connectivity index (χ1n) is 6.16. The van der Waals surface area contributed by atoms with Gasteiger partial charge in [0.05, 0.1) is 0 Å². The zero-order valence-electron chi connectivity index (χ0n) is 10.6. The highest BCUT2D eigenvalue weighted by Crippen LogP contribution is 2.13. The van der Waals surface area contributed by atoms with Gasteiger partial charge in [-0.3, -0.25) is 9.78 Å². The SMILES string of the molecule is O=C(CCSCc1ccccc1)Nc1ccncc1. The molecule has 3 nitrogen and oxygen atoms in total. The fraction of sp³-hybridized carbons (Fsp3) is 0.200. The topological polar surface area (TPSA) is 42.0 Å². The van der Waals surface area contributed by atoms with Crippen LogP contribution in [0, 0.1) is 0 Å². The average molecular weight is 272 g/mol. The third kappa shape index (κ3) is 5.14. The molecule has 0 aliphatic carbocycles. The third-order valence-corrected chi connectivity index (χ3v) is 3.58. The molecule has 0 aliphatic heterocycles. The van der Waals surface area contributed by atoms with E-state index in [1.54, 1.807) is 36.3 Å². The van der Waals surface area contributed by atoms with Crippen molar-refractivity contribution >= 4 is 23.4 Å². The summed E-state index contributed by atoms with van der Waals surface area (Å²) >= 11 is 1.77. The standard InChI is InChI=1S/C15H16N2OS/c18-15(17-14-6-9-16-10-7-14)8-11-19-12-13-4-2-1-3-5-13/h1-7,9-10H,8,11-12H2,(H,16,17,18). The number of anilines is 1. The van der Waals surface area contributed by atoms with Crippen LogP contribution in [-0.2, 0) is 10.5 Å². The maximum absolute atomic E-state index is 11.7. The molecule has 1 aromatic carbocycles. The van der Waals surface area contributed by atoms with Crippen molar-refractivity contribution in [2.24, 2.45) is 0 Å². The Morgan fingerprint density at radius 2 is 1.84 bits per heavy atom. The van der Waals surface area contributed by atoms with E-state index in [0.29, 0.717) is 6.42 Å². The van der Waals surface area contributed by atoms with Gasteiger partial charge in [-0.1, -0.05) is 30.3 Å². The van der Waals surface area contributed by atoms with E-state index < -0.39 is 0 Å². The summed E-state index contributed by atoms with van der Waals surface area (Å²) in [5.74, 6) is 1.82. The molecule has 0 fully saturated rings. The quantitative estimate of drug-likeness (QED) is 0.820. The molecule has 2 rings (SSSR count). The van der Waals surface area contributed by atoms with Crippen LogP contribution in [0.3, 0.4) is 0 Å². The normalized spacial score (nSPS) is 10.1. The van der Waals surface area contributed by atoms with Gasteiger partial charge in [0.15, 0.2) is 0 Å². The minimum atomic E-state index is 0.0479. The molecule has 0 spiro atoms. The lowest BCUT2D eigenvalue weighted by atomic mass is 10.2. The Kier molecular flexibility index (Phi) is 5.44. The average Bonchev–Trinajstić information content (AvgIpc) is 2.46. The number of rotatable bonds is 6. The van der Waals surface area contributed by atoms with Crippen molar-refractivity contribution in [1.29, 1.82) is 0 Å². The number of thioether (sulfide) groups is 1. The maximum Gasteiger partial charge on any atom is 0.225 e. The van der Waals surface area contributed by atoms with Crippen molar-refractivity contribution in [3.63, 3.8) is 0 Å². The van der Waals surface area contributed by atoms with E-state index in [4.69, 9.17) is 0 Å². The number of aromatic nitrogens is 1. The number of hydrogen-bond acceptors (Lipinski definition) is 3. The second-order valence-corrected chi connectivity index (χ2v) is 5.18. The van der Waals surface area contributed by atoms with E-state index in [1.807, 2.05) is 18.2 Å². The molecule has 0 bridgehead atoms. The number of carbonyl (C=O) groups is 1. The minimum absolute atomic E-state index is 0.0479. The van der Waals surface area contributed by atoms with Crippen molar-refractivity contribution in [2.75, 3.05) is 11.1 Å². The largest absolute Gasteiger partial charge is 0.326 e. The molecule has 4 heteroatoms. The molecule has 2 aromatic rings. The number of amides is 1. The van der Waals surface area contributed by atoms with Gasteiger partial charge < -0.3 is 5.32 Å². The van der Waals surface area contributed by atoms with Gasteiger partial charge in [-0.25, -0.2) is 0 Å². The van der Waals surface area contributed by atoms with Crippen molar-refractivity contribution < 1.29 is 4.79 Å². The van der Waals surface area contributed by atoms with Gasteiger partial charge in [-0.2, -0.15) is 11.8 Å². The molecular weight excluding hydrogens is 256 g/mol. The smallest absolute Gasteiger partial charge is 0.225 e. The van der Waals surface area contributed by atoms with Crippen molar-refractivity contribution in [3.8, 4) is 0 Å². The van der Waals surface area contributed by atoms with E-state index in [-0.39, 0.29) is 5.91 Å². The van der Waals surface area contributed by atoms with Gasteiger partial charge in [0, 0.05) is 36.0 Å². The first-order chi connectivity index (χ1) is 9.34. The predicted octanol–water partition coefficient (Wildman–Crippen LogP) is 3.34. The second kappa shape index (κ2) is 7.59. The minimum Gasteiger partial charge on any atom is -0.326 e. The molecule has 1 amide bonds. The molecular formula is C15H16N2OS. The zero-order chi connectivity index (χ0) is 13.3. The Morgan fingerprint density at radius 3 is 2.58 bits per heavy atom. The number of carbonyl (C=O) groups excluding carboxylic acids is 1. The monoisotopic (exact) mass is 272 g/mol. The molecule has 0 atom stereocenters. The van der Waals surface area contributed by atoms with Crippen LogP contribution in [0.2, 0.25) is 0 Å². The van der Waals surface area contributed by atoms with E-state index >= 15 is 0 Å². The van der Waals surface area contributed by atoms with Crippen LogP contribution in [0.4, 0.5) is 5.69 Å². The Hall–Kier alpha value is -1.81. The number of nitrogens with one attached hydrogen (secondary N) is 1. The van der Waals surface area contributed by atoms with Crippen LogP contribution < -0.4 is 5.32 Å². The Morgan fingerprint density at radius 1 is 1.11 bits per heavy atom. The summed E-state index contributed by atoms with van der Waals surface area (Å²) in [6.45, 7) is 0. The summed E-state index contributed by atoms with van der Waals surface area (Å²) in [4.78, 5) is 15.6. The first-order valence-corrected chi connectivity index (χ1v) is 7.31. The molecule has 0 aliphatic rings. The lowest BCUT2D eigenvalue weighted by Gasteiger charge is -2.04. The molecule has 1 N–H and O–H groups in total. The highest BCUT2D eigenvalue weighted by Gasteiger charge is 2.02. The maximum atomic E-state index is 11.7. The van der Waals surface area contributed by atoms with E-state index in [1.165, 1.54) is 5.56 Å². The van der Waals surface area contributed by atoms with Crippen LogP contribution in [0.5, 0.6) is 0 Å². The number of benzene rings is 1. The van der Waals surface area contributed by atoms with E-state index in [2.05, 4.69) is 22.4 Å². The molecule has 98 valence electrons. The molecule has 1 heterocycles. The van der Waals surface area contributed by atoms with Crippen LogP contribution in [0.15, 0.2) is 54.9 Å². The molecule has 1 aromatic heterocycles. The fourth-order valence-electron chi connectivity index (χ4n) is 1.59. The van der Waals surface area contributed by atoms with Crippen LogP contribution in [0.1, 0.15) is 12.0 Å². The summed E-state index contributed by atoms with van der Waals surface area (Å²) < 4.78 is 0.